The van der Waals surface area contributed by atoms with E-state index in [1.165, 1.54) is 0 Å². The van der Waals surface area contributed by atoms with Gasteiger partial charge in [-0.05, 0) is 0 Å². The molecule has 18 fully saturated rings. The molecular formula is H40N10O41W12. The zero-order valence-electron chi connectivity index (χ0n) is 29.1. The normalized spacial score (nSPS) is 46.2. The molecule has 0 amide bonds. The topological polar surface area (TPSA) is 933 Å². The maximum absolute atomic E-state index is 12.9. The molecule has 63 heavy (non-hydrogen) atoms. The Hall–Kier alpha value is 4.30. The van der Waals surface area contributed by atoms with Crippen LogP contribution in [-0.4, -0.2) is 37.6 Å². The molecule has 0 aromatic rings. The third-order valence-corrected chi connectivity index (χ3v) is 288. The van der Waals surface area contributed by atoms with Gasteiger partial charge in [-0.25, -0.2) is 0 Å². The Kier molecular flexibility index (Phi) is 15.6. The molecule has 2 spiro atoms. The number of rotatable bonds is 0. The average Bonchev–Trinajstić information content (AvgIpc) is 2.45. The van der Waals surface area contributed by atoms with Crippen molar-refractivity contribution in [3.8, 4) is 0 Å². The molecule has 18 rings (SSSR count). The van der Waals surface area contributed by atoms with Crippen molar-refractivity contribution in [2.24, 2.45) is 0 Å². The SMILES string of the molecule is N.N.N.N.N.N.N.N.N.N.[O]=[W]12([OH])[O][W]3(=[O])([OH])[O][W](=[O])([OH])([O]3)[O][W]3(=[O])([OH])[O][W](=[O])([OH])([O]3)[O][W]3(=[O])([OH])[O][W]4(=[O])([O]3)[O][W]3(=[O])([O][W](=[O])([OH])([O][W]5(=[O])([OH])[O][W](=[O])([OH])([O][W](=[O])([OH])([O]1)[O]2)[O]5)[O]3)[O]4. The molecule has 18 aliphatic rings. The van der Waals surface area contributed by atoms with E-state index in [4.69, 9.17) is 0 Å². The monoisotopic (exact) mass is 3040 g/mol. The molecule has 0 atom stereocenters. The van der Waals surface area contributed by atoms with Gasteiger partial charge in [-0.1, -0.05) is 0 Å². The van der Waals surface area contributed by atoms with Crippen LogP contribution in [0, 0.1) is 0 Å². The predicted octanol–water partition coefficient (Wildman–Crippen LogP) is -6.71. The van der Waals surface area contributed by atoms with Crippen LogP contribution in [0.25, 0.3) is 0 Å². The van der Waals surface area contributed by atoms with Gasteiger partial charge in [0, 0.05) is 0 Å². The fourth-order valence-electron chi connectivity index (χ4n) is 3.93. The van der Waals surface area contributed by atoms with E-state index in [1.807, 2.05) is 0 Å². The van der Waals surface area contributed by atoms with Gasteiger partial charge in [0.25, 0.3) is 0 Å². The Morgan fingerprint density at radius 2 is 0.238 bits per heavy atom. The zero-order valence-corrected chi connectivity index (χ0v) is 64.3. The molecule has 18 saturated heterocycles. The van der Waals surface area contributed by atoms with Crippen LogP contribution in [0.3, 0.4) is 0 Å². The Bertz CT molecular complexity index is 2700. The summed E-state index contributed by atoms with van der Waals surface area (Å²) in [5, 5.41) is 0. The molecule has 408 valence electrons. The van der Waals surface area contributed by atoms with Crippen molar-refractivity contribution in [1.29, 1.82) is 0 Å². The summed E-state index contributed by atoms with van der Waals surface area (Å²) < 4.78 is 324. The van der Waals surface area contributed by atoms with E-state index < -0.39 is 196 Å². The first kappa shape index (κ1) is 71.6. The second-order valence-electron chi connectivity index (χ2n) is 9.72. The first-order valence-corrected chi connectivity index (χ1v) is 83.2. The van der Waals surface area contributed by atoms with Crippen LogP contribution in [0.4, 0.5) is 0 Å². The van der Waals surface area contributed by atoms with Crippen LogP contribution in [0.1, 0.15) is 0 Å². The molecule has 0 aliphatic carbocycles. The van der Waals surface area contributed by atoms with Crippen molar-refractivity contribution >= 4 is 0 Å². The summed E-state index contributed by atoms with van der Waals surface area (Å²) >= 11 is -109. The molecule has 51 nitrogen and oxygen atoms in total. The van der Waals surface area contributed by atoms with E-state index in [-0.39, 0.29) is 61.5 Å². The first-order valence-electron chi connectivity index (χ1n) is 10.2. The fourth-order valence-corrected chi connectivity index (χ4v) is 416. The van der Waals surface area contributed by atoms with E-state index >= 15 is 0 Å². The van der Waals surface area contributed by atoms with E-state index in [9.17, 15) is 78.4 Å². The molecule has 0 saturated carbocycles. The van der Waals surface area contributed by atoms with Gasteiger partial charge in [-0.3, -0.25) is 0 Å². The Morgan fingerprint density at radius 3 is 0.333 bits per heavy atom. The summed E-state index contributed by atoms with van der Waals surface area (Å²) in [5.74, 6) is 0. The van der Waals surface area contributed by atoms with Gasteiger partial charge in [0.05, 0.1) is 0 Å². The molecule has 63 heteroatoms. The van der Waals surface area contributed by atoms with Crippen molar-refractivity contribution in [2.75, 3.05) is 0 Å². The molecule has 40 N–H and O–H groups in total. The van der Waals surface area contributed by atoms with Gasteiger partial charge in [-0.2, -0.15) is 0 Å². The van der Waals surface area contributed by atoms with Crippen LogP contribution >= 0.6 is 0 Å². The second-order valence-corrected chi connectivity index (χ2v) is 156. The molecule has 0 radical (unpaired) electrons. The van der Waals surface area contributed by atoms with Gasteiger partial charge in [0.2, 0.25) is 0 Å². The Balaban J connectivity index is -0.00000360. The Morgan fingerprint density at radius 1 is 0.159 bits per heavy atom. The predicted molar refractivity (Wildman–Crippen MR) is 101 cm³/mol. The van der Waals surface area contributed by atoms with Crippen molar-refractivity contribution in [1.82, 2.24) is 61.5 Å². The zero-order chi connectivity index (χ0) is 40.8. The van der Waals surface area contributed by atoms with Crippen LogP contribution in [0.2, 0.25) is 0 Å². The maximum atomic E-state index is 12.9. The minimum absolute atomic E-state index is 0. The second kappa shape index (κ2) is 13.8. The van der Waals surface area contributed by atoms with Crippen LogP contribution in [-0.2, 0) is 275 Å². The van der Waals surface area contributed by atoms with E-state index in [1.54, 1.807) is 0 Å². The number of hydrogen-bond donors (Lipinski definition) is 20. The van der Waals surface area contributed by atoms with Crippen LogP contribution in [0.5, 0.6) is 0 Å². The summed E-state index contributed by atoms with van der Waals surface area (Å²) in [6, 6.07) is 0. The van der Waals surface area contributed by atoms with Gasteiger partial charge in [0.1, 0.15) is 0 Å². The van der Waals surface area contributed by atoms with Gasteiger partial charge in [-0.15, -0.1) is 0 Å². The summed E-state index contributed by atoms with van der Waals surface area (Å²) in [5.41, 5.74) is 0. The van der Waals surface area contributed by atoms with Crippen molar-refractivity contribution in [2.45, 2.75) is 0 Å². The van der Waals surface area contributed by atoms with E-state index in [2.05, 4.69) is 38.8 Å². The van der Waals surface area contributed by atoms with Crippen molar-refractivity contribution in [3.05, 3.63) is 0 Å². The van der Waals surface area contributed by atoms with E-state index in [0.29, 0.717) is 0 Å². The quantitative estimate of drug-likeness (QED) is 0.107. The first-order chi connectivity index (χ1) is 21.9. The van der Waals surface area contributed by atoms with E-state index in [0.717, 1.165) is 0 Å². The summed E-state index contributed by atoms with van der Waals surface area (Å²) in [6.07, 6.45) is 0. The van der Waals surface area contributed by atoms with Crippen LogP contribution < -0.4 is 61.5 Å². The molecular weight excluding hydrogens is 3000 g/mol. The number of hydrogen-bond acceptors (Lipinski definition) is 41. The standard InChI is InChI=1S/10H3N.10H2O.31O.12W/h10*1H3;10*1H2;;;;;;;;;;;;;;;;;;;;;;;;;;;;;;;;;;;;;;;;;;;/q;;;;;;;;;;;;;;;;;;;;;;;;;;;;;;;;;;;;;;;;;;;;;;;;;;;;;10*+1/p-10. The fraction of sp³-hybridized carbons (Fsp3) is 0. The minimum atomic E-state index is -9.34. The molecule has 12 bridgehead atoms. The van der Waals surface area contributed by atoms with Crippen molar-refractivity contribution in [3.63, 3.8) is 0 Å². The summed E-state index contributed by atoms with van der Waals surface area (Å²) in [6.45, 7) is 0. The average molecular weight is 3040 g/mol. The van der Waals surface area contributed by atoms with Gasteiger partial charge < -0.3 is 61.5 Å². The molecule has 0 unspecified atom stereocenters. The molecule has 18 aliphatic heterocycles. The molecule has 0 aromatic heterocycles. The Labute approximate surface area is 367 Å². The summed E-state index contributed by atoms with van der Waals surface area (Å²) in [7, 11) is 0. The van der Waals surface area contributed by atoms with Crippen molar-refractivity contribution < 1.29 is 313 Å². The third kappa shape index (κ3) is 11.2. The van der Waals surface area contributed by atoms with Gasteiger partial charge >= 0.3 is 313 Å². The summed E-state index contributed by atoms with van der Waals surface area (Å²) in [4.78, 5) is 0. The van der Waals surface area contributed by atoms with Crippen LogP contribution in [0.15, 0.2) is 0 Å². The molecule has 0 aromatic carbocycles. The third-order valence-electron chi connectivity index (χ3n) is 4.30. The molecule has 18 heterocycles. The van der Waals surface area contributed by atoms with Gasteiger partial charge in [0.15, 0.2) is 0 Å².